The summed E-state index contributed by atoms with van der Waals surface area (Å²) < 4.78 is 1.70. The van der Waals surface area contributed by atoms with E-state index in [2.05, 4.69) is 15.9 Å². The molecule has 0 unspecified atom stereocenters. The minimum Gasteiger partial charge on any atom is -0.478 e. The second kappa shape index (κ2) is 3.89. The number of hydrogen-bond donors (Lipinski definition) is 2. The fraction of sp³-hybridized carbons (Fsp3) is 0.0909. The van der Waals surface area contributed by atoms with Crippen LogP contribution >= 0.6 is 15.9 Å². The van der Waals surface area contributed by atoms with Gasteiger partial charge in [0.15, 0.2) is 0 Å². The molecular formula is C11H8BrNO4. The van der Waals surface area contributed by atoms with E-state index in [4.69, 9.17) is 10.2 Å². The average molecular weight is 298 g/mol. The summed E-state index contributed by atoms with van der Waals surface area (Å²) in [7, 11) is 0. The summed E-state index contributed by atoms with van der Waals surface area (Å²) in [6.07, 6.45) is 0. The van der Waals surface area contributed by atoms with Crippen molar-refractivity contribution in [3.63, 3.8) is 0 Å². The molecule has 0 aliphatic heterocycles. The SMILES string of the molecule is Cc1cccc2c(Br)c(C(=O)O)c(C(=O)O)n12. The Kier molecular flexibility index (Phi) is 2.66. The molecule has 0 fully saturated rings. The summed E-state index contributed by atoms with van der Waals surface area (Å²) in [6.45, 7) is 1.72. The fourth-order valence-corrected chi connectivity index (χ4v) is 2.49. The number of carboxylic acids is 2. The first-order chi connectivity index (χ1) is 7.95. The van der Waals surface area contributed by atoms with Crippen LogP contribution in [0.1, 0.15) is 26.5 Å². The molecule has 2 heterocycles. The molecule has 88 valence electrons. The Balaban J connectivity index is 3.05. The maximum absolute atomic E-state index is 11.2. The molecule has 2 aromatic rings. The van der Waals surface area contributed by atoms with E-state index in [-0.39, 0.29) is 15.7 Å². The number of aromatic carboxylic acids is 2. The van der Waals surface area contributed by atoms with Gasteiger partial charge in [-0.25, -0.2) is 9.59 Å². The predicted octanol–water partition coefficient (Wildman–Crippen LogP) is 2.41. The Labute approximate surface area is 104 Å². The Hall–Kier alpha value is -1.82. The van der Waals surface area contributed by atoms with Crippen LogP contribution in [0.25, 0.3) is 5.52 Å². The van der Waals surface area contributed by atoms with Crippen molar-refractivity contribution in [1.82, 2.24) is 4.40 Å². The van der Waals surface area contributed by atoms with Gasteiger partial charge in [0.2, 0.25) is 0 Å². The van der Waals surface area contributed by atoms with Crippen molar-refractivity contribution in [3.05, 3.63) is 39.6 Å². The van der Waals surface area contributed by atoms with Gasteiger partial charge < -0.3 is 14.6 Å². The van der Waals surface area contributed by atoms with Gasteiger partial charge in [-0.2, -0.15) is 0 Å². The van der Waals surface area contributed by atoms with E-state index >= 15 is 0 Å². The number of carboxylic acid groups (broad SMARTS) is 2. The van der Waals surface area contributed by atoms with Crippen LogP contribution in [0.5, 0.6) is 0 Å². The highest BCUT2D eigenvalue weighted by Crippen LogP contribution is 2.30. The minimum atomic E-state index is -1.27. The van der Waals surface area contributed by atoms with Gasteiger partial charge in [0.25, 0.3) is 0 Å². The third kappa shape index (κ3) is 1.61. The van der Waals surface area contributed by atoms with Crippen LogP contribution in [0.4, 0.5) is 0 Å². The first-order valence-electron chi connectivity index (χ1n) is 4.71. The molecule has 2 N–H and O–H groups in total. The number of fused-ring (bicyclic) bond motifs is 1. The zero-order valence-corrected chi connectivity index (χ0v) is 10.4. The number of nitrogens with zero attached hydrogens (tertiary/aromatic N) is 1. The van der Waals surface area contributed by atoms with Crippen LogP contribution in [0.15, 0.2) is 22.7 Å². The topological polar surface area (TPSA) is 79.0 Å². The van der Waals surface area contributed by atoms with Crippen molar-refractivity contribution in [3.8, 4) is 0 Å². The number of carbonyl (C=O) groups is 2. The van der Waals surface area contributed by atoms with Gasteiger partial charge >= 0.3 is 11.9 Å². The molecule has 0 bridgehead atoms. The maximum atomic E-state index is 11.2. The summed E-state index contributed by atoms with van der Waals surface area (Å²) in [5.41, 5.74) is 0.720. The third-order valence-corrected chi connectivity index (χ3v) is 3.31. The molecule has 2 rings (SSSR count). The largest absolute Gasteiger partial charge is 0.478 e. The first-order valence-corrected chi connectivity index (χ1v) is 5.50. The van der Waals surface area contributed by atoms with Crippen molar-refractivity contribution in [2.75, 3.05) is 0 Å². The van der Waals surface area contributed by atoms with Gasteiger partial charge in [0, 0.05) is 5.69 Å². The molecule has 0 amide bonds. The van der Waals surface area contributed by atoms with Crippen molar-refractivity contribution in [2.45, 2.75) is 6.92 Å². The van der Waals surface area contributed by atoms with Crippen LogP contribution in [-0.4, -0.2) is 26.6 Å². The molecule has 0 spiro atoms. The normalized spacial score (nSPS) is 10.7. The summed E-state index contributed by atoms with van der Waals surface area (Å²) >= 11 is 3.14. The molecule has 17 heavy (non-hydrogen) atoms. The number of aryl methyl sites for hydroxylation is 1. The molecule has 0 radical (unpaired) electrons. The Morgan fingerprint density at radius 3 is 2.41 bits per heavy atom. The van der Waals surface area contributed by atoms with Crippen molar-refractivity contribution in [1.29, 1.82) is 0 Å². The fourth-order valence-electron chi connectivity index (χ4n) is 1.83. The number of hydrogen-bond acceptors (Lipinski definition) is 2. The molecule has 0 atom stereocenters. The van der Waals surface area contributed by atoms with E-state index < -0.39 is 11.9 Å². The van der Waals surface area contributed by atoms with E-state index in [0.717, 1.165) is 0 Å². The van der Waals surface area contributed by atoms with Gasteiger partial charge in [-0.3, -0.25) is 0 Å². The van der Waals surface area contributed by atoms with Crippen LogP contribution in [0.3, 0.4) is 0 Å². The molecule has 0 saturated carbocycles. The molecule has 0 aliphatic carbocycles. The number of rotatable bonds is 2. The lowest BCUT2D eigenvalue weighted by Crippen LogP contribution is -2.10. The van der Waals surface area contributed by atoms with E-state index in [1.807, 2.05) is 0 Å². The van der Waals surface area contributed by atoms with Crippen LogP contribution in [0, 0.1) is 6.92 Å². The molecule has 0 aliphatic rings. The van der Waals surface area contributed by atoms with Crippen LogP contribution in [0.2, 0.25) is 0 Å². The quantitative estimate of drug-likeness (QED) is 0.892. The highest BCUT2D eigenvalue weighted by Gasteiger charge is 2.26. The average Bonchev–Trinajstić information content (AvgIpc) is 2.54. The van der Waals surface area contributed by atoms with Crippen LogP contribution in [-0.2, 0) is 0 Å². The van der Waals surface area contributed by atoms with E-state index in [1.165, 1.54) is 4.40 Å². The van der Waals surface area contributed by atoms with Crippen molar-refractivity contribution >= 4 is 33.4 Å². The van der Waals surface area contributed by atoms with Crippen LogP contribution < -0.4 is 0 Å². The summed E-state index contributed by atoms with van der Waals surface area (Å²) in [5, 5.41) is 18.2. The van der Waals surface area contributed by atoms with Gasteiger partial charge in [-0.15, -0.1) is 0 Å². The van der Waals surface area contributed by atoms with Gasteiger partial charge in [0.1, 0.15) is 11.3 Å². The standard InChI is InChI=1S/C11H8BrNO4/c1-5-3-2-4-6-8(12)7(10(14)15)9(11(16)17)13(5)6/h2-4H,1H3,(H,14,15)(H,16,17). The maximum Gasteiger partial charge on any atom is 0.353 e. The Morgan fingerprint density at radius 2 is 1.88 bits per heavy atom. The lowest BCUT2D eigenvalue weighted by molar-refractivity contribution is 0.0646. The molecular weight excluding hydrogens is 290 g/mol. The summed E-state index contributed by atoms with van der Waals surface area (Å²) in [5.74, 6) is -2.53. The highest BCUT2D eigenvalue weighted by molar-refractivity contribution is 9.10. The zero-order chi connectivity index (χ0) is 12.7. The summed E-state index contributed by atoms with van der Waals surface area (Å²) in [4.78, 5) is 22.3. The number of pyridine rings is 1. The summed E-state index contributed by atoms with van der Waals surface area (Å²) in [6, 6.07) is 5.13. The zero-order valence-electron chi connectivity index (χ0n) is 8.77. The van der Waals surface area contributed by atoms with Gasteiger partial charge in [-0.05, 0) is 35.0 Å². The molecule has 0 aromatic carbocycles. The number of aromatic nitrogens is 1. The second-order valence-corrected chi connectivity index (χ2v) is 4.33. The van der Waals surface area contributed by atoms with E-state index in [0.29, 0.717) is 11.2 Å². The molecule has 2 aromatic heterocycles. The second-order valence-electron chi connectivity index (χ2n) is 3.54. The highest BCUT2D eigenvalue weighted by atomic mass is 79.9. The van der Waals surface area contributed by atoms with Crippen molar-refractivity contribution < 1.29 is 19.8 Å². The minimum absolute atomic E-state index is 0.230. The lowest BCUT2D eigenvalue weighted by Gasteiger charge is -2.02. The predicted molar refractivity (Wildman–Crippen MR) is 63.8 cm³/mol. The molecule has 5 nitrogen and oxygen atoms in total. The number of halogens is 1. The smallest absolute Gasteiger partial charge is 0.353 e. The lowest BCUT2D eigenvalue weighted by atomic mass is 10.2. The van der Waals surface area contributed by atoms with Gasteiger partial charge in [-0.1, -0.05) is 6.07 Å². The monoisotopic (exact) mass is 297 g/mol. The molecule has 0 saturated heterocycles. The molecule has 6 heteroatoms. The third-order valence-electron chi connectivity index (χ3n) is 2.51. The Bertz CT molecular complexity index is 644. The van der Waals surface area contributed by atoms with E-state index in [9.17, 15) is 9.59 Å². The van der Waals surface area contributed by atoms with E-state index in [1.54, 1.807) is 25.1 Å². The van der Waals surface area contributed by atoms with Crippen molar-refractivity contribution in [2.24, 2.45) is 0 Å². The Morgan fingerprint density at radius 1 is 1.24 bits per heavy atom. The van der Waals surface area contributed by atoms with Gasteiger partial charge in [0.05, 0.1) is 9.99 Å². The first kappa shape index (κ1) is 11.7.